The lowest BCUT2D eigenvalue weighted by molar-refractivity contribution is 0.106. The van der Waals surface area contributed by atoms with E-state index in [1.165, 1.54) is 0 Å². The molecule has 0 aromatic heterocycles. The van der Waals surface area contributed by atoms with Crippen molar-refractivity contribution in [3.8, 4) is 5.75 Å². The van der Waals surface area contributed by atoms with Gasteiger partial charge in [-0.05, 0) is 28.1 Å². The molecule has 0 saturated heterocycles. The minimum absolute atomic E-state index is 0.0196. The number of fused-ring (bicyclic) bond motifs is 1. The Morgan fingerprint density at radius 3 is 3.14 bits per heavy atom. The summed E-state index contributed by atoms with van der Waals surface area (Å²) in [7, 11) is 1.67. The lowest BCUT2D eigenvalue weighted by atomic mass is 10.1. The topological polar surface area (TPSA) is 18.5 Å². The van der Waals surface area contributed by atoms with Crippen molar-refractivity contribution in [3.05, 3.63) is 34.3 Å². The number of benzene rings is 1. The summed E-state index contributed by atoms with van der Waals surface area (Å²) >= 11 is 3.46. The van der Waals surface area contributed by atoms with Crippen LogP contribution in [0, 0.1) is 0 Å². The van der Waals surface area contributed by atoms with Crippen LogP contribution >= 0.6 is 15.9 Å². The molecule has 74 valence electrons. The highest BCUT2D eigenvalue weighted by molar-refractivity contribution is 9.10. The van der Waals surface area contributed by atoms with Gasteiger partial charge in [-0.1, -0.05) is 18.2 Å². The molecule has 0 fully saturated rings. The van der Waals surface area contributed by atoms with Crippen molar-refractivity contribution in [1.82, 2.24) is 0 Å². The van der Waals surface area contributed by atoms with E-state index >= 15 is 0 Å². The molecular weight excluding hydrogens is 244 g/mol. The van der Waals surface area contributed by atoms with E-state index in [1.54, 1.807) is 7.11 Å². The van der Waals surface area contributed by atoms with Gasteiger partial charge in [0.25, 0.3) is 0 Å². The Labute approximate surface area is 91.7 Å². The van der Waals surface area contributed by atoms with Gasteiger partial charge in [-0.3, -0.25) is 0 Å². The highest BCUT2D eigenvalue weighted by Gasteiger charge is 2.16. The number of ether oxygens (including phenoxy) is 2. The number of methoxy groups -OCH3 is 1. The Morgan fingerprint density at radius 1 is 1.50 bits per heavy atom. The minimum atomic E-state index is 0.0196. The monoisotopic (exact) mass is 254 g/mol. The molecule has 0 saturated carbocycles. The molecule has 0 aliphatic carbocycles. The van der Waals surface area contributed by atoms with Gasteiger partial charge >= 0.3 is 0 Å². The molecule has 2 nitrogen and oxygen atoms in total. The third-order valence-electron chi connectivity index (χ3n) is 2.09. The fourth-order valence-electron chi connectivity index (χ4n) is 1.44. The maximum atomic E-state index is 5.74. The summed E-state index contributed by atoms with van der Waals surface area (Å²) in [5, 5.41) is 0. The van der Waals surface area contributed by atoms with Gasteiger partial charge in [0.1, 0.15) is 11.9 Å². The van der Waals surface area contributed by atoms with Crippen molar-refractivity contribution in [1.29, 1.82) is 0 Å². The van der Waals surface area contributed by atoms with Crippen molar-refractivity contribution in [2.75, 3.05) is 13.7 Å². The van der Waals surface area contributed by atoms with Crippen molar-refractivity contribution < 1.29 is 9.47 Å². The number of hydrogen-bond acceptors (Lipinski definition) is 2. The molecule has 0 bridgehead atoms. The molecule has 1 atom stereocenters. The van der Waals surface area contributed by atoms with Gasteiger partial charge in [-0.25, -0.2) is 0 Å². The molecular formula is C11H11BrO2. The zero-order chi connectivity index (χ0) is 9.97. The van der Waals surface area contributed by atoms with E-state index in [-0.39, 0.29) is 6.10 Å². The first-order chi connectivity index (χ1) is 6.81. The van der Waals surface area contributed by atoms with Gasteiger partial charge in [0.15, 0.2) is 0 Å². The summed E-state index contributed by atoms with van der Waals surface area (Å²) in [6.07, 6.45) is 4.09. The molecule has 14 heavy (non-hydrogen) atoms. The van der Waals surface area contributed by atoms with Crippen LogP contribution in [0.5, 0.6) is 5.75 Å². The van der Waals surface area contributed by atoms with Gasteiger partial charge in [0.2, 0.25) is 0 Å². The van der Waals surface area contributed by atoms with Crippen LogP contribution in [0.15, 0.2) is 28.7 Å². The SMILES string of the molecule is COCC1C=Cc2cccc(Br)c2O1. The highest BCUT2D eigenvalue weighted by Crippen LogP contribution is 2.33. The number of para-hydroxylation sites is 1. The fraction of sp³-hybridized carbons (Fsp3) is 0.273. The summed E-state index contributed by atoms with van der Waals surface area (Å²) < 4.78 is 11.8. The van der Waals surface area contributed by atoms with Crippen LogP contribution in [0.1, 0.15) is 5.56 Å². The molecule has 0 amide bonds. The van der Waals surface area contributed by atoms with E-state index in [1.807, 2.05) is 24.3 Å². The standard InChI is InChI=1S/C11H11BrO2/c1-13-7-9-6-5-8-3-2-4-10(12)11(8)14-9/h2-6,9H,7H2,1H3. The van der Waals surface area contributed by atoms with E-state index in [0.29, 0.717) is 6.61 Å². The van der Waals surface area contributed by atoms with E-state index in [2.05, 4.69) is 22.0 Å². The van der Waals surface area contributed by atoms with Gasteiger partial charge in [-0.2, -0.15) is 0 Å². The van der Waals surface area contributed by atoms with Crippen LogP contribution in [0.2, 0.25) is 0 Å². The highest BCUT2D eigenvalue weighted by atomic mass is 79.9. The molecule has 1 aromatic rings. The third-order valence-corrected chi connectivity index (χ3v) is 2.71. The van der Waals surface area contributed by atoms with Crippen LogP contribution < -0.4 is 4.74 Å². The maximum Gasteiger partial charge on any atom is 0.141 e. The average Bonchev–Trinajstić information content (AvgIpc) is 2.20. The zero-order valence-electron chi connectivity index (χ0n) is 7.87. The first kappa shape index (κ1) is 9.74. The maximum absolute atomic E-state index is 5.74. The van der Waals surface area contributed by atoms with E-state index in [9.17, 15) is 0 Å². The van der Waals surface area contributed by atoms with Gasteiger partial charge in [0.05, 0.1) is 11.1 Å². The molecule has 2 rings (SSSR count). The Morgan fingerprint density at radius 2 is 2.36 bits per heavy atom. The van der Waals surface area contributed by atoms with Crippen molar-refractivity contribution in [3.63, 3.8) is 0 Å². The second kappa shape index (κ2) is 4.15. The summed E-state index contributed by atoms with van der Waals surface area (Å²) in [5.41, 5.74) is 1.10. The lowest BCUT2D eigenvalue weighted by Crippen LogP contribution is -2.22. The van der Waals surface area contributed by atoms with Crippen LogP contribution in [-0.2, 0) is 4.74 Å². The Kier molecular flexibility index (Phi) is 2.89. The minimum Gasteiger partial charge on any atom is -0.482 e. The first-order valence-electron chi connectivity index (χ1n) is 4.43. The molecule has 1 unspecified atom stereocenters. The fourth-order valence-corrected chi connectivity index (χ4v) is 1.91. The molecule has 0 N–H and O–H groups in total. The smallest absolute Gasteiger partial charge is 0.141 e. The van der Waals surface area contributed by atoms with Crippen molar-refractivity contribution >= 4 is 22.0 Å². The van der Waals surface area contributed by atoms with E-state index in [0.717, 1.165) is 15.8 Å². The first-order valence-corrected chi connectivity index (χ1v) is 5.23. The van der Waals surface area contributed by atoms with Gasteiger partial charge in [0, 0.05) is 12.7 Å². The summed E-state index contributed by atoms with van der Waals surface area (Å²) in [4.78, 5) is 0. The van der Waals surface area contributed by atoms with E-state index < -0.39 is 0 Å². The van der Waals surface area contributed by atoms with Crippen molar-refractivity contribution in [2.45, 2.75) is 6.10 Å². The van der Waals surface area contributed by atoms with E-state index in [4.69, 9.17) is 9.47 Å². The molecule has 3 heteroatoms. The molecule has 0 radical (unpaired) electrons. The van der Waals surface area contributed by atoms with Crippen molar-refractivity contribution in [2.24, 2.45) is 0 Å². The molecule has 0 spiro atoms. The molecule has 1 aliphatic heterocycles. The summed E-state index contributed by atoms with van der Waals surface area (Å²) in [6, 6.07) is 5.99. The second-order valence-electron chi connectivity index (χ2n) is 3.13. The van der Waals surface area contributed by atoms with Crippen LogP contribution in [0.3, 0.4) is 0 Å². The van der Waals surface area contributed by atoms with Gasteiger partial charge in [-0.15, -0.1) is 0 Å². The Bertz CT molecular complexity index is 360. The van der Waals surface area contributed by atoms with Gasteiger partial charge < -0.3 is 9.47 Å². The Hall–Kier alpha value is -0.800. The molecule has 1 aromatic carbocycles. The molecule has 1 aliphatic rings. The van der Waals surface area contributed by atoms with Crippen LogP contribution in [0.4, 0.5) is 0 Å². The normalized spacial score (nSPS) is 18.9. The summed E-state index contributed by atoms with van der Waals surface area (Å²) in [6.45, 7) is 0.581. The van der Waals surface area contributed by atoms with Crippen LogP contribution in [0.25, 0.3) is 6.08 Å². The second-order valence-corrected chi connectivity index (χ2v) is 3.98. The predicted molar refractivity (Wildman–Crippen MR) is 59.5 cm³/mol. The summed E-state index contributed by atoms with van der Waals surface area (Å²) in [5.74, 6) is 0.900. The number of hydrogen-bond donors (Lipinski definition) is 0. The lowest BCUT2D eigenvalue weighted by Gasteiger charge is -2.21. The van der Waals surface area contributed by atoms with Crippen LogP contribution in [-0.4, -0.2) is 19.8 Å². The average molecular weight is 255 g/mol. The Balaban J connectivity index is 2.28. The number of halogens is 1. The zero-order valence-corrected chi connectivity index (χ0v) is 9.45. The molecule has 1 heterocycles. The largest absolute Gasteiger partial charge is 0.482 e. The predicted octanol–water partition coefficient (Wildman–Crippen LogP) is 2.87. The number of rotatable bonds is 2. The quantitative estimate of drug-likeness (QED) is 0.808. The third kappa shape index (κ3) is 1.83.